The molecule has 4 saturated carbocycles. The van der Waals surface area contributed by atoms with Gasteiger partial charge in [0, 0.05) is 38.9 Å². The van der Waals surface area contributed by atoms with Crippen molar-refractivity contribution in [2.24, 2.45) is 23.7 Å². The van der Waals surface area contributed by atoms with E-state index in [1.807, 2.05) is 48.5 Å². The molecular formula is C98H84N2. The first-order valence-electron chi connectivity index (χ1n) is 44.8. The van der Waals surface area contributed by atoms with Crippen molar-refractivity contribution in [3.05, 3.63) is 337 Å². The van der Waals surface area contributed by atoms with Crippen molar-refractivity contribution in [3.63, 3.8) is 0 Å². The van der Waals surface area contributed by atoms with Crippen molar-refractivity contribution in [1.29, 1.82) is 0 Å². The molecule has 100 heavy (non-hydrogen) atoms. The molecule has 1 spiro atoms. The predicted octanol–water partition coefficient (Wildman–Crippen LogP) is 27.3. The molecule has 0 N–H and O–H groups in total. The van der Waals surface area contributed by atoms with Gasteiger partial charge in [-0.15, -0.1) is 0 Å². The van der Waals surface area contributed by atoms with Gasteiger partial charge in [0.2, 0.25) is 0 Å². The van der Waals surface area contributed by atoms with Crippen LogP contribution < -0.4 is 9.80 Å². The molecule has 5 aliphatic rings. The Kier molecular flexibility index (Phi) is 10.6. The number of hydrogen-bond acceptors (Lipinski definition) is 2. The van der Waals surface area contributed by atoms with Gasteiger partial charge in [0.25, 0.3) is 0 Å². The fourth-order valence-electron chi connectivity index (χ4n) is 17.6. The monoisotopic (exact) mass is 1310 g/mol. The second kappa shape index (κ2) is 24.3. The fraction of sp³-hybridized carbons (Fsp3) is 0.184. The molecule has 4 bridgehead atoms. The van der Waals surface area contributed by atoms with Crippen LogP contribution in [-0.4, -0.2) is 0 Å². The molecule has 0 radical (unpaired) electrons. The first kappa shape index (κ1) is 43.6. The summed E-state index contributed by atoms with van der Waals surface area (Å²) in [6.45, 7) is 13.0. The summed E-state index contributed by atoms with van der Waals surface area (Å²) in [5.41, 5.74) is 12.7. The number of nitrogens with zero attached hydrogens (tertiary/aromatic N) is 2. The van der Waals surface area contributed by atoms with E-state index in [0.717, 1.165) is 98.2 Å². The van der Waals surface area contributed by atoms with Gasteiger partial charge in [0.15, 0.2) is 0 Å². The zero-order valence-corrected chi connectivity index (χ0v) is 56.7. The lowest BCUT2D eigenvalue weighted by molar-refractivity contribution is -0.0398. The topological polar surface area (TPSA) is 6.48 Å². The molecule has 2 nitrogen and oxygen atoms in total. The van der Waals surface area contributed by atoms with E-state index in [1.54, 1.807) is 36.4 Å². The summed E-state index contributed by atoms with van der Waals surface area (Å²) in [6, 6.07) is 53.8. The minimum absolute atomic E-state index is 0.0674. The molecule has 0 aliphatic heterocycles. The average Bonchev–Trinajstić information content (AvgIpc) is 1.48. The molecule has 2 heteroatoms. The highest BCUT2D eigenvalue weighted by atomic mass is 15.2. The fourth-order valence-corrected chi connectivity index (χ4v) is 17.6. The van der Waals surface area contributed by atoms with Gasteiger partial charge in [0.05, 0.1) is 38.8 Å². The summed E-state index contributed by atoms with van der Waals surface area (Å²) < 4.78 is 184. The Hall–Kier alpha value is -10.8. The SMILES string of the molecule is [2H]c1c([2H])c([2H])c(-c2cc(-c3c([2H])c([2H])c([2H])c([2H])c3[2H])cc(N(c3ccc(-c4ccc(C(C)(C)C)cc4)cc3)c3cc4c(c5ccccc35)-c3c(cc(N(c5ccc(-c6ccc(C(C)(C)C)cc6)cc5)c5cc(-c6c([2H])c([2H])c([2H])c([2H])c6[2H])cc(-c6c([2H])c([2H])c([2H])c([2H])c6[2H])c5)c5ccccc35)C43C4CC5CC(C4)CC3C5)c2)c([2H])c1[2H]. The standard InChI is InChI=1S/C98H84N2/c1-96(2,3)78-43-35-70(36-44-78)72-39-47-82(48-40-72)99(84-58-74(66-23-11-7-12-24-66)56-75(59-84)67-25-13-8-14-26-67)92-62-90-94(88-33-21-19-31-86(88)92)95-89-34-22-20-32-87(89)93(63-91(95)98(90)80-52-64-51-65(54-80)55-81(98)53-64)100(83-49-41-73(42-50-83)71-37-45-79(46-38-71)97(4,5)6)85-60-76(68-27-15-9-16-28-68)57-77(61-85)69-29-17-10-18-30-69/h7-50,56-65,80-81H,51-55H2,1-6H3/i7D,8D,9D,10D,11D,12D,13D,14D,15D,16D,17D,18D,23D,24D,25D,26D,27D,28D,29D,30D. The largest absolute Gasteiger partial charge is 0.310 e. The van der Waals surface area contributed by atoms with Gasteiger partial charge < -0.3 is 9.80 Å². The van der Waals surface area contributed by atoms with E-state index >= 15 is 0 Å². The van der Waals surface area contributed by atoms with Crippen LogP contribution in [0.15, 0.2) is 315 Å². The second-order valence-corrected chi connectivity index (χ2v) is 29.9. The molecule has 0 atom stereocenters. The van der Waals surface area contributed by atoms with Gasteiger partial charge in [-0.25, -0.2) is 0 Å². The molecule has 0 saturated heterocycles. The van der Waals surface area contributed by atoms with Crippen LogP contribution in [0, 0.1) is 23.7 Å². The van der Waals surface area contributed by atoms with Crippen molar-refractivity contribution in [3.8, 4) is 77.9 Å². The molecule has 0 unspecified atom stereocenters. The van der Waals surface area contributed by atoms with Gasteiger partial charge in [0.1, 0.15) is 0 Å². The van der Waals surface area contributed by atoms with Crippen molar-refractivity contribution < 1.29 is 27.4 Å². The van der Waals surface area contributed by atoms with E-state index in [4.69, 9.17) is 16.4 Å². The highest BCUT2D eigenvalue weighted by Crippen LogP contribution is 2.72. The third-order valence-electron chi connectivity index (χ3n) is 22.0. The lowest BCUT2D eigenvalue weighted by Gasteiger charge is -2.61. The third kappa shape index (κ3) is 10.6. The van der Waals surface area contributed by atoms with Crippen LogP contribution in [0.3, 0.4) is 0 Å². The van der Waals surface area contributed by atoms with Crippen molar-refractivity contribution in [2.45, 2.75) is 89.9 Å². The van der Waals surface area contributed by atoms with Gasteiger partial charge in [-0.1, -0.05) is 284 Å². The molecule has 486 valence electrons. The van der Waals surface area contributed by atoms with Crippen molar-refractivity contribution >= 4 is 55.7 Å². The van der Waals surface area contributed by atoms with Crippen LogP contribution >= 0.6 is 0 Å². The van der Waals surface area contributed by atoms with Crippen molar-refractivity contribution in [1.82, 2.24) is 0 Å². The number of benzene rings is 14. The van der Waals surface area contributed by atoms with Gasteiger partial charge >= 0.3 is 0 Å². The summed E-state index contributed by atoms with van der Waals surface area (Å²) >= 11 is 0. The summed E-state index contributed by atoms with van der Waals surface area (Å²) in [4.78, 5) is 4.20. The summed E-state index contributed by atoms with van der Waals surface area (Å²) in [5.74, 6) is 1.02. The van der Waals surface area contributed by atoms with Crippen LogP contribution in [0.5, 0.6) is 0 Å². The molecule has 19 rings (SSSR count). The summed E-state index contributed by atoms with van der Waals surface area (Å²) in [7, 11) is 0. The number of rotatable bonds is 12. The Bertz CT molecular complexity index is 5980. The predicted molar refractivity (Wildman–Crippen MR) is 424 cm³/mol. The van der Waals surface area contributed by atoms with E-state index in [-0.39, 0.29) is 67.2 Å². The number of anilines is 6. The van der Waals surface area contributed by atoms with Gasteiger partial charge in [-0.3, -0.25) is 0 Å². The Morgan fingerprint density at radius 2 is 0.580 bits per heavy atom. The zero-order valence-electron chi connectivity index (χ0n) is 76.7. The highest BCUT2D eigenvalue weighted by Gasteiger charge is 2.62. The maximum Gasteiger partial charge on any atom is 0.0629 e. The quantitative estimate of drug-likeness (QED) is 0.120. The van der Waals surface area contributed by atoms with E-state index in [2.05, 4.69) is 161 Å². The lowest BCUT2D eigenvalue weighted by Crippen LogP contribution is -2.55. The van der Waals surface area contributed by atoms with Gasteiger partial charge in [-0.05, 0) is 250 Å². The minimum Gasteiger partial charge on any atom is -0.310 e. The maximum absolute atomic E-state index is 9.54. The Balaban J connectivity index is 0.944. The van der Waals surface area contributed by atoms with E-state index in [0.29, 0.717) is 46.0 Å². The second-order valence-electron chi connectivity index (χ2n) is 29.9. The van der Waals surface area contributed by atoms with E-state index in [9.17, 15) is 11.0 Å². The molecular weight excluding hydrogens is 1210 g/mol. The van der Waals surface area contributed by atoms with Crippen LogP contribution in [0.1, 0.15) is 123 Å². The Morgan fingerprint density at radius 3 is 0.880 bits per heavy atom. The molecule has 0 amide bonds. The summed E-state index contributed by atoms with van der Waals surface area (Å²) in [6.07, 6.45) is 4.79. The van der Waals surface area contributed by atoms with Crippen LogP contribution in [0.25, 0.3) is 99.4 Å². The molecule has 14 aromatic rings. The smallest absolute Gasteiger partial charge is 0.0629 e. The van der Waals surface area contributed by atoms with E-state index < -0.39 is 126 Å². The molecule has 5 aliphatic carbocycles. The molecule has 4 fully saturated rings. The zero-order chi connectivity index (χ0) is 84.8. The summed E-state index contributed by atoms with van der Waals surface area (Å²) in [5, 5.41) is 3.41. The average molecular weight is 1310 g/mol. The molecule has 14 aromatic carbocycles. The normalized spacial score (nSPS) is 20.0. The minimum atomic E-state index is -0.750. The lowest BCUT2D eigenvalue weighted by atomic mass is 9.43. The molecule has 0 aromatic heterocycles. The third-order valence-corrected chi connectivity index (χ3v) is 22.0. The Morgan fingerprint density at radius 1 is 0.290 bits per heavy atom. The first-order valence-corrected chi connectivity index (χ1v) is 34.8. The molecule has 0 heterocycles. The maximum atomic E-state index is 9.54. The van der Waals surface area contributed by atoms with E-state index in [1.165, 1.54) is 11.1 Å². The number of hydrogen-bond donors (Lipinski definition) is 0. The van der Waals surface area contributed by atoms with Crippen LogP contribution in [0.4, 0.5) is 34.1 Å². The number of fused-ring (bicyclic) bond motifs is 7. The van der Waals surface area contributed by atoms with Crippen molar-refractivity contribution in [2.75, 3.05) is 9.80 Å². The van der Waals surface area contributed by atoms with Crippen LogP contribution in [0.2, 0.25) is 0 Å². The Labute approximate surface area is 619 Å². The van der Waals surface area contributed by atoms with Gasteiger partial charge in [-0.2, -0.15) is 0 Å². The highest BCUT2D eigenvalue weighted by molar-refractivity contribution is 6.18. The van der Waals surface area contributed by atoms with Crippen LogP contribution in [-0.2, 0) is 16.2 Å². The first-order chi connectivity index (χ1) is 57.1.